The fourth-order valence-electron chi connectivity index (χ4n) is 3.18. The third kappa shape index (κ3) is 2.78. The molecule has 0 aliphatic carbocycles. The van der Waals surface area contributed by atoms with Gasteiger partial charge in [-0.25, -0.2) is 19.7 Å². The van der Waals surface area contributed by atoms with Gasteiger partial charge in [0, 0.05) is 32.4 Å². The Balaban J connectivity index is 1.62. The summed E-state index contributed by atoms with van der Waals surface area (Å²) >= 11 is 1.21. The Morgan fingerprint density at radius 1 is 1.12 bits per heavy atom. The molecule has 0 bridgehead atoms. The number of piperazine rings is 1. The first-order valence-corrected chi connectivity index (χ1v) is 8.85. The summed E-state index contributed by atoms with van der Waals surface area (Å²) in [6.45, 7) is 5.13. The van der Waals surface area contributed by atoms with Crippen molar-refractivity contribution in [3.05, 3.63) is 41.2 Å². The molecular formula is C17H17N5O2S. The first-order chi connectivity index (χ1) is 12.1. The van der Waals surface area contributed by atoms with Crippen molar-refractivity contribution in [2.75, 3.05) is 36.0 Å². The van der Waals surface area contributed by atoms with E-state index < -0.39 is 5.97 Å². The molecule has 128 valence electrons. The number of hydrogen-bond donors (Lipinski definition) is 1. The van der Waals surface area contributed by atoms with Crippen LogP contribution in [0.15, 0.2) is 30.7 Å². The number of fused-ring (bicyclic) bond motifs is 1. The number of carbonyl (C=O) groups is 1. The van der Waals surface area contributed by atoms with Crippen LogP contribution in [0, 0.1) is 6.92 Å². The highest BCUT2D eigenvalue weighted by Gasteiger charge is 2.24. The van der Waals surface area contributed by atoms with Crippen molar-refractivity contribution in [3.8, 4) is 0 Å². The lowest BCUT2D eigenvalue weighted by Gasteiger charge is -2.36. The Morgan fingerprint density at radius 2 is 1.88 bits per heavy atom. The number of rotatable bonds is 3. The molecule has 0 saturated carbocycles. The molecule has 1 aliphatic heterocycles. The lowest BCUT2D eigenvalue weighted by Crippen LogP contribution is -2.47. The lowest BCUT2D eigenvalue weighted by atomic mass is 10.2. The smallest absolute Gasteiger partial charge is 0.346 e. The number of aromatic nitrogens is 3. The fraction of sp³-hybridized carbons (Fsp3) is 0.294. The first-order valence-electron chi connectivity index (χ1n) is 8.03. The van der Waals surface area contributed by atoms with E-state index in [1.165, 1.54) is 17.7 Å². The van der Waals surface area contributed by atoms with E-state index in [1.807, 2.05) is 25.1 Å². The van der Waals surface area contributed by atoms with E-state index >= 15 is 0 Å². The van der Waals surface area contributed by atoms with E-state index in [0.29, 0.717) is 4.88 Å². The Labute approximate surface area is 148 Å². The van der Waals surface area contributed by atoms with Crippen LogP contribution < -0.4 is 9.80 Å². The number of carboxylic acid groups (broad SMARTS) is 1. The Kier molecular flexibility index (Phi) is 3.96. The normalized spacial score (nSPS) is 14.9. The van der Waals surface area contributed by atoms with E-state index in [9.17, 15) is 9.90 Å². The van der Waals surface area contributed by atoms with E-state index in [1.54, 1.807) is 6.20 Å². The second-order valence-corrected chi connectivity index (χ2v) is 6.90. The SMILES string of the molecule is Cc1c(C(=O)O)sc2ncnc(N3CCN(c4ccccn4)CC3)c12. The monoisotopic (exact) mass is 355 g/mol. The number of anilines is 2. The number of carboxylic acids is 1. The third-order valence-electron chi connectivity index (χ3n) is 4.45. The molecule has 1 aliphatic rings. The Bertz CT molecular complexity index is 919. The van der Waals surface area contributed by atoms with Crippen LogP contribution >= 0.6 is 11.3 Å². The third-order valence-corrected chi connectivity index (χ3v) is 5.64. The van der Waals surface area contributed by atoms with Crippen molar-refractivity contribution < 1.29 is 9.90 Å². The fourth-order valence-corrected chi connectivity index (χ4v) is 4.17. The largest absolute Gasteiger partial charge is 0.477 e. The zero-order chi connectivity index (χ0) is 17.4. The summed E-state index contributed by atoms with van der Waals surface area (Å²) in [5.41, 5.74) is 0.746. The van der Waals surface area contributed by atoms with Crippen molar-refractivity contribution in [1.82, 2.24) is 15.0 Å². The van der Waals surface area contributed by atoms with Gasteiger partial charge in [-0.3, -0.25) is 0 Å². The first kappa shape index (κ1) is 15.8. The number of thiophene rings is 1. The van der Waals surface area contributed by atoms with Gasteiger partial charge in [0.1, 0.15) is 27.7 Å². The minimum Gasteiger partial charge on any atom is -0.477 e. The molecule has 8 heteroatoms. The van der Waals surface area contributed by atoms with E-state index in [-0.39, 0.29) is 0 Å². The molecule has 3 aromatic rings. The molecule has 25 heavy (non-hydrogen) atoms. The van der Waals surface area contributed by atoms with Crippen LogP contribution in [0.3, 0.4) is 0 Å². The second kappa shape index (κ2) is 6.29. The maximum atomic E-state index is 11.4. The molecule has 4 rings (SSSR count). The second-order valence-electron chi connectivity index (χ2n) is 5.90. The summed E-state index contributed by atoms with van der Waals surface area (Å²) < 4.78 is 0. The molecule has 0 unspecified atom stereocenters. The molecule has 1 fully saturated rings. The van der Waals surface area contributed by atoms with Crippen LogP contribution in [-0.2, 0) is 0 Å². The van der Waals surface area contributed by atoms with Gasteiger partial charge in [0.15, 0.2) is 0 Å². The van der Waals surface area contributed by atoms with Gasteiger partial charge in [0.25, 0.3) is 0 Å². The van der Waals surface area contributed by atoms with Gasteiger partial charge in [-0.2, -0.15) is 0 Å². The van der Waals surface area contributed by atoms with Gasteiger partial charge in [0.2, 0.25) is 0 Å². The number of hydrogen-bond acceptors (Lipinski definition) is 7. The predicted molar refractivity (Wildman–Crippen MR) is 97.8 cm³/mol. The minimum absolute atomic E-state index is 0.337. The number of aryl methyl sites for hydroxylation is 1. The van der Waals surface area contributed by atoms with Crippen LogP contribution in [0.1, 0.15) is 15.2 Å². The standard InChI is InChI=1S/C17H17N5O2S/c1-11-13-15(19-10-20-16(13)25-14(11)17(23)24)22-8-6-21(7-9-22)12-4-2-3-5-18-12/h2-5,10H,6-9H2,1H3,(H,23,24). The van der Waals surface area contributed by atoms with Crippen molar-refractivity contribution in [1.29, 1.82) is 0 Å². The van der Waals surface area contributed by atoms with Crippen molar-refractivity contribution in [2.45, 2.75) is 6.92 Å². The Hall–Kier alpha value is -2.74. The highest BCUT2D eigenvalue weighted by atomic mass is 32.1. The topological polar surface area (TPSA) is 82.4 Å². The number of aromatic carboxylic acids is 1. The lowest BCUT2D eigenvalue weighted by molar-refractivity contribution is 0.0701. The summed E-state index contributed by atoms with van der Waals surface area (Å²) in [4.78, 5) is 30.1. The minimum atomic E-state index is -0.911. The molecule has 3 aromatic heterocycles. The van der Waals surface area contributed by atoms with Crippen molar-refractivity contribution in [2.24, 2.45) is 0 Å². The molecule has 0 radical (unpaired) electrons. The Morgan fingerprint density at radius 3 is 2.56 bits per heavy atom. The van der Waals surface area contributed by atoms with Crippen molar-refractivity contribution >= 4 is 39.2 Å². The number of pyridine rings is 1. The average Bonchev–Trinajstić information content (AvgIpc) is 3.00. The van der Waals surface area contributed by atoms with Gasteiger partial charge in [0.05, 0.1) is 5.39 Å². The maximum Gasteiger partial charge on any atom is 0.346 e. The van der Waals surface area contributed by atoms with Crippen LogP contribution in [0.4, 0.5) is 11.6 Å². The van der Waals surface area contributed by atoms with Gasteiger partial charge in [-0.15, -0.1) is 11.3 Å². The van der Waals surface area contributed by atoms with Gasteiger partial charge < -0.3 is 14.9 Å². The molecule has 7 nitrogen and oxygen atoms in total. The summed E-state index contributed by atoms with van der Waals surface area (Å²) in [7, 11) is 0. The zero-order valence-electron chi connectivity index (χ0n) is 13.7. The van der Waals surface area contributed by atoms with E-state index in [4.69, 9.17) is 0 Å². The van der Waals surface area contributed by atoms with Crippen LogP contribution in [0.2, 0.25) is 0 Å². The van der Waals surface area contributed by atoms with Crippen LogP contribution in [-0.4, -0.2) is 52.2 Å². The van der Waals surface area contributed by atoms with Crippen LogP contribution in [0.25, 0.3) is 10.2 Å². The summed E-state index contributed by atoms with van der Waals surface area (Å²) in [6.07, 6.45) is 3.32. The molecule has 0 atom stereocenters. The van der Waals surface area contributed by atoms with Gasteiger partial charge in [-0.1, -0.05) is 6.07 Å². The molecular weight excluding hydrogens is 338 g/mol. The zero-order valence-corrected chi connectivity index (χ0v) is 14.5. The molecule has 1 N–H and O–H groups in total. The molecule has 4 heterocycles. The molecule has 0 spiro atoms. The highest BCUT2D eigenvalue weighted by molar-refractivity contribution is 7.20. The molecule has 1 saturated heterocycles. The van der Waals surface area contributed by atoms with E-state index in [2.05, 4.69) is 24.8 Å². The summed E-state index contributed by atoms with van der Waals surface area (Å²) in [5, 5.41) is 10.2. The van der Waals surface area contributed by atoms with Crippen molar-refractivity contribution in [3.63, 3.8) is 0 Å². The van der Waals surface area contributed by atoms with E-state index in [0.717, 1.165) is 53.6 Å². The van der Waals surface area contributed by atoms with Crippen LogP contribution in [0.5, 0.6) is 0 Å². The molecule has 0 amide bonds. The highest BCUT2D eigenvalue weighted by Crippen LogP contribution is 2.35. The molecule has 0 aromatic carbocycles. The summed E-state index contributed by atoms with van der Waals surface area (Å²) in [6, 6.07) is 5.92. The quantitative estimate of drug-likeness (QED) is 0.772. The predicted octanol–water partition coefficient (Wildman–Crippen LogP) is 2.42. The maximum absolute atomic E-state index is 11.4. The number of nitrogens with zero attached hydrogens (tertiary/aromatic N) is 5. The van der Waals surface area contributed by atoms with Gasteiger partial charge >= 0.3 is 5.97 Å². The average molecular weight is 355 g/mol. The summed E-state index contributed by atoms with van der Waals surface area (Å²) in [5.74, 6) is 0.896. The van der Waals surface area contributed by atoms with Gasteiger partial charge in [-0.05, 0) is 24.6 Å².